The van der Waals surface area contributed by atoms with Gasteiger partial charge in [-0.25, -0.2) is 0 Å². The highest BCUT2D eigenvalue weighted by atomic mass is 15.3. The van der Waals surface area contributed by atoms with Gasteiger partial charge in [-0.15, -0.1) is 10.2 Å². The van der Waals surface area contributed by atoms with Gasteiger partial charge in [-0.2, -0.15) is 0 Å². The van der Waals surface area contributed by atoms with Gasteiger partial charge in [-0.3, -0.25) is 0 Å². The molecule has 0 saturated carbocycles. The van der Waals surface area contributed by atoms with Crippen LogP contribution >= 0.6 is 0 Å². The van der Waals surface area contributed by atoms with Crippen LogP contribution in [0.5, 0.6) is 0 Å². The number of hydrogen-bond donors (Lipinski definition) is 0. The lowest BCUT2D eigenvalue weighted by Gasteiger charge is -2.24. The fourth-order valence-electron chi connectivity index (χ4n) is 2.49. The average Bonchev–Trinajstić information content (AvgIpc) is 2.50. The summed E-state index contributed by atoms with van der Waals surface area (Å²) in [5.74, 6) is 1.82. The fraction of sp³-hybridized carbons (Fsp3) is 0.833. The highest BCUT2D eigenvalue weighted by Crippen LogP contribution is 2.35. The van der Waals surface area contributed by atoms with E-state index in [9.17, 15) is 0 Å². The first kappa shape index (κ1) is 10.7. The predicted molar refractivity (Wildman–Crippen MR) is 60.7 cm³/mol. The number of nitrogens with zero attached hydrogens (tertiary/aromatic N) is 3. The molecule has 1 unspecified atom stereocenters. The average molecular weight is 207 g/mol. The van der Waals surface area contributed by atoms with Gasteiger partial charge in [0, 0.05) is 12.5 Å². The lowest BCUT2D eigenvalue weighted by molar-refractivity contribution is 0.323. The maximum Gasteiger partial charge on any atom is 0.135 e. The van der Waals surface area contributed by atoms with E-state index in [2.05, 4.69) is 35.5 Å². The molecule has 0 aromatic carbocycles. The summed E-state index contributed by atoms with van der Waals surface area (Å²) < 4.78 is 2.24. The third kappa shape index (κ3) is 2.58. The van der Waals surface area contributed by atoms with E-state index in [1.165, 1.54) is 31.5 Å². The van der Waals surface area contributed by atoms with Crippen LogP contribution in [0.2, 0.25) is 0 Å². The summed E-state index contributed by atoms with van der Waals surface area (Å²) in [5.41, 5.74) is 0.381. The van der Waals surface area contributed by atoms with E-state index in [1.807, 2.05) is 6.33 Å². The lowest BCUT2D eigenvalue weighted by atomic mass is 9.82. The molecule has 0 amide bonds. The Morgan fingerprint density at radius 2 is 2.20 bits per heavy atom. The maximum absolute atomic E-state index is 4.30. The van der Waals surface area contributed by atoms with Gasteiger partial charge in [0.25, 0.3) is 0 Å². The highest BCUT2D eigenvalue weighted by molar-refractivity contribution is 4.99. The zero-order valence-corrected chi connectivity index (χ0v) is 10.0. The second kappa shape index (κ2) is 3.95. The van der Waals surface area contributed by atoms with Crippen LogP contribution in [-0.4, -0.2) is 14.8 Å². The van der Waals surface area contributed by atoms with Gasteiger partial charge in [0.05, 0.1) is 0 Å². The summed E-state index contributed by atoms with van der Waals surface area (Å²) in [4.78, 5) is 0. The van der Waals surface area contributed by atoms with Crippen molar-refractivity contribution in [3.05, 3.63) is 12.2 Å². The molecule has 0 spiro atoms. The molecule has 1 atom stereocenters. The second-order valence-corrected chi connectivity index (χ2v) is 5.84. The Morgan fingerprint density at radius 3 is 2.93 bits per heavy atom. The van der Waals surface area contributed by atoms with Crippen LogP contribution in [0.3, 0.4) is 0 Å². The summed E-state index contributed by atoms with van der Waals surface area (Å²) in [7, 11) is 0. The van der Waals surface area contributed by atoms with Gasteiger partial charge >= 0.3 is 0 Å². The van der Waals surface area contributed by atoms with Crippen LogP contribution in [0.25, 0.3) is 0 Å². The number of rotatable bonds is 1. The van der Waals surface area contributed by atoms with Crippen LogP contribution < -0.4 is 0 Å². The Balaban J connectivity index is 2.19. The first-order chi connectivity index (χ1) is 7.06. The van der Waals surface area contributed by atoms with E-state index in [-0.39, 0.29) is 0 Å². The Labute approximate surface area is 91.9 Å². The topological polar surface area (TPSA) is 30.7 Å². The van der Waals surface area contributed by atoms with E-state index in [0.29, 0.717) is 11.3 Å². The van der Waals surface area contributed by atoms with E-state index in [1.54, 1.807) is 0 Å². The van der Waals surface area contributed by atoms with Crippen LogP contribution in [0.1, 0.15) is 58.2 Å². The van der Waals surface area contributed by atoms with E-state index >= 15 is 0 Å². The van der Waals surface area contributed by atoms with Crippen LogP contribution in [0.4, 0.5) is 0 Å². The molecule has 0 N–H and O–H groups in total. The largest absolute Gasteiger partial charge is 0.317 e. The van der Waals surface area contributed by atoms with Crippen molar-refractivity contribution in [2.75, 3.05) is 0 Å². The maximum atomic E-state index is 4.30. The monoisotopic (exact) mass is 207 g/mol. The molecule has 0 radical (unpaired) electrons. The Morgan fingerprint density at radius 1 is 1.40 bits per heavy atom. The molecule has 0 aliphatic carbocycles. The molecule has 1 aliphatic rings. The molecule has 0 bridgehead atoms. The second-order valence-electron chi connectivity index (χ2n) is 5.84. The van der Waals surface area contributed by atoms with Crippen molar-refractivity contribution in [2.24, 2.45) is 5.41 Å². The van der Waals surface area contributed by atoms with Crippen LogP contribution in [-0.2, 0) is 6.54 Å². The Hall–Kier alpha value is -0.860. The smallest absolute Gasteiger partial charge is 0.135 e. The normalized spacial score (nSPS) is 22.2. The van der Waals surface area contributed by atoms with Gasteiger partial charge in [0.15, 0.2) is 0 Å². The zero-order chi connectivity index (χ0) is 10.9. The SMILES string of the molecule is CC(C)(C)CC1CCCCn2cnnc21. The highest BCUT2D eigenvalue weighted by Gasteiger charge is 2.25. The molecule has 3 nitrogen and oxygen atoms in total. The van der Waals surface area contributed by atoms with Crippen molar-refractivity contribution >= 4 is 0 Å². The summed E-state index contributed by atoms with van der Waals surface area (Å²) in [5, 5.41) is 8.33. The predicted octanol–water partition coefficient (Wildman–Crippen LogP) is 2.98. The minimum atomic E-state index is 0.381. The Kier molecular flexibility index (Phi) is 2.81. The molecule has 0 fully saturated rings. The van der Waals surface area contributed by atoms with Crippen molar-refractivity contribution < 1.29 is 0 Å². The molecule has 2 rings (SSSR count). The van der Waals surface area contributed by atoms with Crippen molar-refractivity contribution in [3.63, 3.8) is 0 Å². The molecule has 2 heterocycles. The van der Waals surface area contributed by atoms with Crippen LogP contribution in [0.15, 0.2) is 6.33 Å². The standard InChI is InChI=1S/C12H21N3/c1-12(2,3)8-10-6-4-5-7-15-9-13-14-11(10)15/h9-10H,4-8H2,1-3H3. The van der Waals surface area contributed by atoms with E-state index in [4.69, 9.17) is 0 Å². The third-order valence-corrected chi connectivity index (χ3v) is 3.07. The summed E-state index contributed by atoms with van der Waals surface area (Å²) in [6, 6.07) is 0. The van der Waals surface area contributed by atoms with Gasteiger partial charge in [-0.05, 0) is 24.7 Å². The van der Waals surface area contributed by atoms with Gasteiger partial charge in [0.1, 0.15) is 12.2 Å². The van der Waals surface area contributed by atoms with Gasteiger partial charge in [0.2, 0.25) is 0 Å². The number of fused-ring (bicyclic) bond motifs is 1. The van der Waals surface area contributed by atoms with Crippen molar-refractivity contribution in [2.45, 2.75) is 58.9 Å². The summed E-state index contributed by atoms with van der Waals surface area (Å²) in [6.07, 6.45) is 6.97. The molecule has 84 valence electrons. The first-order valence-electron chi connectivity index (χ1n) is 5.94. The molecule has 0 saturated heterocycles. The van der Waals surface area contributed by atoms with Gasteiger partial charge in [-0.1, -0.05) is 27.2 Å². The summed E-state index contributed by atoms with van der Waals surface area (Å²) in [6.45, 7) is 8.01. The molecular formula is C12H21N3. The molecule has 1 aliphatic heterocycles. The van der Waals surface area contributed by atoms with Gasteiger partial charge < -0.3 is 4.57 Å². The quantitative estimate of drug-likeness (QED) is 0.708. The molecule has 1 aromatic rings. The molecule has 3 heteroatoms. The molecule has 15 heavy (non-hydrogen) atoms. The van der Waals surface area contributed by atoms with E-state index < -0.39 is 0 Å². The number of aromatic nitrogens is 3. The number of hydrogen-bond acceptors (Lipinski definition) is 2. The van der Waals surface area contributed by atoms with Crippen molar-refractivity contribution in [1.29, 1.82) is 0 Å². The zero-order valence-electron chi connectivity index (χ0n) is 10.0. The fourth-order valence-corrected chi connectivity index (χ4v) is 2.49. The minimum Gasteiger partial charge on any atom is -0.317 e. The lowest BCUT2D eigenvalue weighted by Crippen LogP contribution is -2.14. The Bertz CT molecular complexity index is 322. The van der Waals surface area contributed by atoms with Crippen LogP contribution in [0, 0.1) is 5.41 Å². The van der Waals surface area contributed by atoms with Crippen molar-refractivity contribution in [3.8, 4) is 0 Å². The van der Waals surface area contributed by atoms with Crippen molar-refractivity contribution in [1.82, 2.24) is 14.8 Å². The number of aryl methyl sites for hydroxylation is 1. The molecule has 1 aromatic heterocycles. The molecular weight excluding hydrogens is 186 g/mol. The minimum absolute atomic E-state index is 0.381. The third-order valence-electron chi connectivity index (χ3n) is 3.07. The first-order valence-corrected chi connectivity index (χ1v) is 5.94. The van der Waals surface area contributed by atoms with E-state index in [0.717, 1.165) is 6.54 Å². The summed E-state index contributed by atoms with van der Waals surface area (Å²) >= 11 is 0.